The average molecular weight is 483 g/mol. The molecule has 2 aliphatic rings. The SMILES string of the molecule is O=C(COC(=O)CCC(=O)N1CCOCC1)Nc1ccccc1C(=O)Nc1ccc2c(c1)OCO2. The van der Waals surface area contributed by atoms with Gasteiger partial charge in [-0.25, -0.2) is 0 Å². The number of nitrogens with zero attached hydrogens (tertiary/aromatic N) is 1. The molecule has 11 heteroatoms. The molecular formula is C24H25N3O8. The predicted molar refractivity (Wildman–Crippen MR) is 123 cm³/mol. The highest BCUT2D eigenvalue weighted by atomic mass is 16.7. The van der Waals surface area contributed by atoms with E-state index in [0.717, 1.165) is 0 Å². The lowest BCUT2D eigenvalue weighted by Crippen LogP contribution is -2.40. The lowest BCUT2D eigenvalue weighted by molar-refractivity contribution is -0.149. The molecule has 0 aromatic heterocycles. The predicted octanol–water partition coefficient (Wildman–Crippen LogP) is 1.79. The van der Waals surface area contributed by atoms with E-state index >= 15 is 0 Å². The van der Waals surface area contributed by atoms with Gasteiger partial charge in [0, 0.05) is 31.3 Å². The molecule has 0 radical (unpaired) electrons. The number of carbonyl (C=O) groups is 4. The first-order valence-electron chi connectivity index (χ1n) is 11.1. The van der Waals surface area contributed by atoms with Gasteiger partial charge in [0.2, 0.25) is 12.7 Å². The minimum atomic E-state index is -0.657. The molecule has 184 valence electrons. The smallest absolute Gasteiger partial charge is 0.306 e. The van der Waals surface area contributed by atoms with Crippen molar-refractivity contribution in [3.8, 4) is 11.5 Å². The quantitative estimate of drug-likeness (QED) is 0.543. The Balaban J connectivity index is 1.26. The third-order valence-electron chi connectivity index (χ3n) is 5.35. The zero-order valence-corrected chi connectivity index (χ0v) is 18.9. The maximum atomic E-state index is 12.8. The topological polar surface area (TPSA) is 133 Å². The van der Waals surface area contributed by atoms with E-state index in [1.165, 1.54) is 0 Å². The maximum Gasteiger partial charge on any atom is 0.306 e. The molecule has 0 spiro atoms. The van der Waals surface area contributed by atoms with Crippen LogP contribution in [0.25, 0.3) is 0 Å². The van der Waals surface area contributed by atoms with Gasteiger partial charge in [0.25, 0.3) is 11.8 Å². The largest absolute Gasteiger partial charge is 0.456 e. The van der Waals surface area contributed by atoms with Crippen LogP contribution in [0.3, 0.4) is 0 Å². The molecule has 0 aliphatic carbocycles. The fourth-order valence-electron chi connectivity index (χ4n) is 3.55. The van der Waals surface area contributed by atoms with Crippen molar-refractivity contribution in [1.82, 2.24) is 4.90 Å². The van der Waals surface area contributed by atoms with Crippen molar-refractivity contribution >= 4 is 35.1 Å². The Morgan fingerprint density at radius 1 is 0.914 bits per heavy atom. The molecule has 2 aliphatic heterocycles. The summed E-state index contributed by atoms with van der Waals surface area (Å²) in [7, 11) is 0. The van der Waals surface area contributed by atoms with E-state index in [0.29, 0.717) is 43.5 Å². The molecule has 11 nitrogen and oxygen atoms in total. The lowest BCUT2D eigenvalue weighted by atomic mass is 10.1. The number of hydrogen-bond acceptors (Lipinski definition) is 8. The Morgan fingerprint density at radius 2 is 1.69 bits per heavy atom. The van der Waals surface area contributed by atoms with Gasteiger partial charge in [-0.2, -0.15) is 0 Å². The fraction of sp³-hybridized carbons (Fsp3) is 0.333. The molecule has 1 fully saturated rings. The van der Waals surface area contributed by atoms with E-state index in [9.17, 15) is 19.2 Å². The number of fused-ring (bicyclic) bond motifs is 1. The van der Waals surface area contributed by atoms with Crippen molar-refractivity contribution in [3.05, 3.63) is 48.0 Å². The van der Waals surface area contributed by atoms with Crippen LogP contribution in [-0.4, -0.2) is 68.3 Å². The summed E-state index contributed by atoms with van der Waals surface area (Å²) in [5, 5.41) is 5.33. The van der Waals surface area contributed by atoms with Gasteiger partial charge >= 0.3 is 5.97 Å². The average Bonchev–Trinajstić information content (AvgIpc) is 3.35. The van der Waals surface area contributed by atoms with E-state index in [1.807, 2.05) is 0 Å². The van der Waals surface area contributed by atoms with Crippen molar-refractivity contribution in [3.63, 3.8) is 0 Å². The number of benzene rings is 2. The number of esters is 1. The highest BCUT2D eigenvalue weighted by Crippen LogP contribution is 2.34. The Kier molecular flexibility index (Phi) is 7.78. The minimum absolute atomic E-state index is 0.00329. The molecule has 0 unspecified atom stereocenters. The summed E-state index contributed by atoms with van der Waals surface area (Å²) in [6, 6.07) is 11.5. The molecule has 2 N–H and O–H groups in total. The van der Waals surface area contributed by atoms with Crippen molar-refractivity contribution in [1.29, 1.82) is 0 Å². The molecule has 2 aromatic carbocycles. The first kappa shape index (κ1) is 24.0. The van der Waals surface area contributed by atoms with Gasteiger partial charge in [0.1, 0.15) is 0 Å². The number of ether oxygens (including phenoxy) is 4. The van der Waals surface area contributed by atoms with Gasteiger partial charge in [0.05, 0.1) is 30.9 Å². The summed E-state index contributed by atoms with van der Waals surface area (Å²) in [5.41, 5.74) is 0.983. The Labute approximate surface area is 201 Å². The molecule has 35 heavy (non-hydrogen) atoms. The molecular weight excluding hydrogens is 458 g/mol. The van der Waals surface area contributed by atoms with Gasteiger partial charge in [-0.05, 0) is 24.3 Å². The van der Waals surface area contributed by atoms with E-state index < -0.39 is 24.4 Å². The Bertz CT molecular complexity index is 1110. The summed E-state index contributed by atoms with van der Waals surface area (Å²) in [6.07, 6.45) is -0.124. The number of hydrogen-bond donors (Lipinski definition) is 2. The highest BCUT2D eigenvalue weighted by molar-refractivity contribution is 6.10. The lowest BCUT2D eigenvalue weighted by Gasteiger charge is -2.26. The zero-order valence-electron chi connectivity index (χ0n) is 18.9. The van der Waals surface area contributed by atoms with Crippen LogP contribution in [0.5, 0.6) is 11.5 Å². The summed E-state index contributed by atoms with van der Waals surface area (Å²) >= 11 is 0. The van der Waals surface area contributed by atoms with Crippen molar-refractivity contribution in [2.24, 2.45) is 0 Å². The number of rotatable bonds is 8. The number of para-hydroxylation sites is 1. The second-order valence-electron chi connectivity index (χ2n) is 7.77. The number of carbonyl (C=O) groups excluding carboxylic acids is 4. The molecule has 4 rings (SSSR count). The second-order valence-corrected chi connectivity index (χ2v) is 7.77. The van der Waals surface area contributed by atoms with Gasteiger partial charge in [-0.15, -0.1) is 0 Å². The van der Waals surface area contributed by atoms with Crippen LogP contribution in [0.4, 0.5) is 11.4 Å². The third kappa shape index (κ3) is 6.48. The van der Waals surface area contributed by atoms with E-state index in [1.54, 1.807) is 47.4 Å². The molecule has 3 amide bonds. The number of amides is 3. The molecule has 0 atom stereocenters. The number of nitrogens with one attached hydrogen (secondary N) is 2. The molecule has 2 heterocycles. The van der Waals surface area contributed by atoms with Gasteiger partial charge < -0.3 is 34.5 Å². The van der Waals surface area contributed by atoms with Crippen molar-refractivity contribution in [2.75, 3.05) is 50.3 Å². The fourth-order valence-corrected chi connectivity index (χ4v) is 3.55. The molecule has 1 saturated heterocycles. The van der Waals surface area contributed by atoms with Crippen LogP contribution >= 0.6 is 0 Å². The van der Waals surface area contributed by atoms with Crippen molar-refractivity contribution < 1.29 is 38.1 Å². The maximum absolute atomic E-state index is 12.8. The van der Waals surface area contributed by atoms with Crippen LogP contribution in [-0.2, 0) is 23.9 Å². The van der Waals surface area contributed by atoms with E-state index in [2.05, 4.69) is 10.6 Å². The first-order valence-corrected chi connectivity index (χ1v) is 11.1. The normalized spacial score (nSPS) is 14.2. The number of anilines is 2. The van der Waals surface area contributed by atoms with Gasteiger partial charge in [0.15, 0.2) is 18.1 Å². The standard InChI is InChI=1S/C24H25N3O8/c28-21(14-33-23(30)8-7-22(29)27-9-11-32-12-10-27)26-18-4-2-1-3-17(18)24(31)25-16-5-6-19-20(13-16)35-15-34-19/h1-6,13H,7-12,14-15H2,(H,25,31)(H,26,28). The number of morpholine rings is 1. The molecule has 2 aromatic rings. The third-order valence-corrected chi connectivity index (χ3v) is 5.35. The summed E-state index contributed by atoms with van der Waals surface area (Å²) < 4.78 is 20.7. The van der Waals surface area contributed by atoms with Crippen LogP contribution < -0.4 is 20.1 Å². The Morgan fingerprint density at radius 3 is 2.51 bits per heavy atom. The monoisotopic (exact) mass is 483 g/mol. The van der Waals surface area contributed by atoms with E-state index in [4.69, 9.17) is 18.9 Å². The zero-order chi connectivity index (χ0) is 24.6. The van der Waals surface area contributed by atoms with Crippen molar-refractivity contribution in [2.45, 2.75) is 12.8 Å². The Hall–Kier alpha value is -4.12. The second kappa shape index (κ2) is 11.3. The highest BCUT2D eigenvalue weighted by Gasteiger charge is 2.20. The van der Waals surface area contributed by atoms with Crippen LogP contribution in [0, 0.1) is 0 Å². The van der Waals surface area contributed by atoms with Gasteiger partial charge in [-0.1, -0.05) is 12.1 Å². The van der Waals surface area contributed by atoms with Crippen LogP contribution in [0.15, 0.2) is 42.5 Å². The summed E-state index contributed by atoms with van der Waals surface area (Å²) in [6.45, 7) is 1.54. The summed E-state index contributed by atoms with van der Waals surface area (Å²) in [4.78, 5) is 50.8. The van der Waals surface area contributed by atoms with Crippen LogP contribution in [0.1, 0.15) is 23.2 Å². The van der Waals surface area contributed by atoms with E-state index in [-0.39, 0.29) is 36.8 Å². The van der Waals surface area contributed by atoms with Crippen LogP contribution in [0.2, 0.25) is 0 Å². The minimum Gasteiger partial charge on any atom is -0.456 e. The van der Waals surface area contributed by atoms with Gasteiger partial charge in [-0.3, -0.25) is 19.2 Å². The first-order chi connectivity index (χ1) is 17.0. The summed E-state index contributed by atoms with van der Waals surface area (Å²) in [5.74, 6) is -0.749. The molecule has 0 bridgehead atoms. The molecule has 0 saturated carbocycles.